The van der Waals surface area contributed by atoms with E-state index in [0.29, 0.717) is 5.84 Å². The number of benzene rings is 2. The summed E-state index contributed by atoms with van der Waals surface area (Å²) in [7, 11) is 1.70. The van der Waals surface area contributed by atoms with E-state index in [9.17, 15) is 5.11 Å². The first-order valence-corrected chi connectivity index (χ1v) is 8.23. The Bertz CT molecular complexity index is 766. The molecule has 4 rings (SSSR count). The number of amidine groups is 1. The van der Waals surface area contributed by atoms with E-state index < -0.39 is 5.60 Å². The number of rotatable bonds is 2. The van der Waals surface area contributed by atoms with Gasteiger partial charge in [0.1, 0.15) is 5.84 Å². The quantitative estimate of drug-likeness (QED) is 0.890. The molecular weight excluding hydrogens is 302 g/mol. The second-order valence-electron chi connectivity index (χ2n) is 6.10. The molecule has 2 N–H and O–H groups in total. The van der Waals surface area contributed by atoms with Crippen molar-refractivity contribution < 1.29 is 9.84 Å². The third-order valence-corrected chi connectivity index (χ3v) is 4.80. The van der Waals surface area contributed by atoms with Crippen LogP contribution >= 0.6 is 0 Å². The van der Waals surface area contributed by atoms with Gasteiger partial charge in [0.15, 0.2) is 5.60 Å². The van der Waals surface area contributed by atoms with E-state index in [1.165, 1.54) is 0 Å². The van der Waals surface area contributed by atoms with Crippen molar-refractivity contribution in [2.24, 2.45) is 4.99 Å². The number of morpholine rings is 1. The fraction of sp³-hybridized carbons (Fsp3) is 0.316. The van der Waals surface area contributed by atoms with Gasteiger partial charge in [0.2, 0.25) is 0 Å². The van der Waals surface area contributed by atoms with Crippen LogP contribution in [0.3, 0.4) is 0 Å². The summed E-state index contributed by atoms with van der Waals surface area (Å²) in [6.45, 7) is 3.32. The number of anilines is 2. The lowest BCUT2D eigenvalue weighted by Crippen LogP contribution is -2.37. The molecule has 0 amide bonds. The maximum absolute atomic E-state index is 11.4. The summed E-state index contributed by atoms with van der Waals surface area (Å²) in [6.07, 6.45) is 0. The molecule has 1 fully saturated rings. The highest BCUT2D eigenvalue weighted by atomic mass is 16.5. The van der Waals surface area contributed by atoms with Crippen molar-refractivity contribution in [1.29, 1.82) is 0 Å². The Hall–Kier alpha value is -2.37. The SMILES string of the molecule is CN=C1Nc2ccccc2C1(O)c1ccc(N2CCOCC2)cc1. The Labute approximate surface area is 141 Å². The van der Waals surface area contributed by atoms with E-state index in [1.807, 2.05) is 36.4 Å². The summed E-state index contributed by atoms with van der Waals surface area (Å²) < 4.78 is 5.40. The molecule has 2 aromatic carbocycles. The number of nitrogens with zero attached hydrogens (tertiary/aromatic N) is 2. The van der Waals surface area contributed by atoms with E-state index in [1.54, 1.807) is 7.05 Å². The summed E-state index contributed by atoms with van der Waals surface area (Å²) in [5, 5.41) is 14.7. The van der Waals surface area contributed by atoms with Gasteiger partial charge in [-0.3, -0.25) is 4.99 Å². The summed E-state index contributed by atoms with van der Waals surface area (Å²) in [5.74, 6) is 0.558. The molecule has 0 bridgehead atoms. The lowest BCUT2D eigenvalue weighted by atomic mass is 9.87. The average molecular weight is 323 g/mol. The second-order valence-corrected chi connectivity index (χ2v) is 6.10. The lowest BCUT2D eigenvalue weighted by Gasteiger charge is -2.30. The van der Waals surface area contributed by atoms with Gasteiger partial charge in [0, 0.05) is 37.1 Å². The number of aliphatic hydroxyl groups is 1. The Morgan fingerprint density at radius 2 is 1.79 bits per heavy atom. The Balaban J connectivity index is 1.72. The van der Waals surface area contributed by atoms with Crippen LogP contribution in [0.5, 0.6) is 0 Å². The molecule has 0 spiro atoms. The molecule has 2 aromatic rings. The fourth-order valence-corrected chi connectivity index (χ4v) is 3.50. The van der Waals surface area contributed by atoms with E-state index in [-0.39, 0.29) is 0 Å². The molecule has 24 heavy (non-hydrogen) atoms. The topological polar surface area (TPSA) is 57.1 Å². The molecule has 1 saturated heterocycles. The molecule has 2 aliphatic rings. The third kappa shape index (κ3) is 2.28. The zero-order valence-electron chi connectivity index (χ0n) is 13.7. The molecule has 5 heteroatoms. The maximum atomic E-state index is 11.4. The van der Waals surface area contributed by atoms with Crippen molar-refractivity contribution in [3.8, 4) is 0 Å². The van der Waals surface area contributed by atoms with Crippen molar-refractivity contribution in [3.63, 3.8) is 0 Å². The molecule has 1 atom stereocenters. The average Bonchev–Trinajstić information content (AvgIpc) is 2.96. The normalized spacial score (nSPS) is 24.8. The van der Waals surface area contributed by atoms with Gasteiger partial charge in [0.05, 0.1) is 13.2 Å². The number of nitrogens with one attached hydrogen (secondary N) is 1. The Kier molecular flexibility index (Phi) is 3.75. The maximum Gasteiger partial charge on any atom is 0.174 e. The van der Waals surface area contributed by atoms with Crippen LogP contribution in [0.1, 0.15) is 11.1 Å². The Morgan fingerprint density at radius 3 is 2.50 bits per heavy atom. The zero-order valence-corrected chi connectivity index (χ0v) is 13.7. The highest BCUT2D eigenvalue weighted by molar-refractivity contribution is 6.10. The van der Waals surface area contributed by atoms with E-state index in [0.717, 1.165) is 48.8 Å². The van der Waals surface area contributed by atoms with E-state index >= 15 is 0 Å². The third-order valence-electron chi connectivity index (χ3n) is 4.80. The smallest absolute Gasteiger partial charge is 0.174 e. The molecule has 1 unspecified atom stereocenters. The van der Waals surface area contributed by atoms with Gasteiger partial charge in [-0.1, -0.05) is 30.3 Å². The van der Waals surface area contributed by atoms with Crippen molar-refractivity contribution >= 4 is 17.2 Å². The van der Waals surface area contributed by atoms with Crippen LogP contribution in [0.4, 0.5) is 11.4 Å². The van der Waals surface area contributed by atoms with Gasteiger partial charge >= 0.3 is 0 Å². The van der Waals surface area contributed by atoms with Crippen molar-refractivity contribution in [1.82, 2.24) is 0 Å². The predicted octanol–water partition coefficient (Wildman–Crippen LogP) is 2.21. The van der Waals surface area contributed by atoms with Gasteiger partial charge in [-0.25, -0.2) is 0 Å². The van der Waals surface area contributed by atoms with E-state index in [2.05, 4.69) is 27.3 Å². The number of aliphatic imine (C=N–C) groups is 1. The molecule has 2 heterocycles. The number of ether oxygens (including phenoxy) is 1. The standard InChI is InChI=1S/C19H21N3O2/c1-20-18-19(23,16-4-2-3-5-17(16)21-18)14-6-8-15(9-7-14)22-10-12-24-13-11-22/h2-9,23H,10-13H2,1H3,(H,20,21). The van der Waals surface area contributed by atoms with Gasteiger partial charge in [0.25, 0.3) is 0 Å². The lowest BCUT2D eigenvalue weighted by molar-refractivity contribution is 0.122. The van der Waals surface area contributed by atoms with Crippen LogP contribution in [0.25, 0.3) is 0 Å². The van der Waals surface area contributed by atoms with E-state index in [4.69, 9.17) is 4.74 Å². The van der Waals surface area contributed by atoms with Crippen molar-refractivity contribution in [2.45, 2.75) is 5.60 Å². The van der Waals surface area contributed by atoms with Crippen molar-refractivity contribution in [2.75, 3.05) is 43.6 Å². The molecule has 0 saturated carbocycles. The Morgan fingerprint density at radius 1 is 1.08 bits per heavy atom. The predicted molar refractivity (Wildman–Crippen MR) is 95.9 cm³/mol. The minimum atomic E-state index is -1.23. The number of fused-ring (bicyclic) bond motifs is 1. The van der Waals surface area contributed by atoms with Crippen LogP contribution < -0.4 is 10.2 Å². The summed E-state index contributed by atoms with van der Waals surface area (Å²) in [4.78, 5) is 6.57. The fourth-order valence-electron chi connectivity index (χ4n) is 3.50. The molecular formula is C19H21N3O2. The monoisotopic (exact) mass is 323 g/mol. The molecule has 124 valence electrons. The molecule has 2 aliphatic heterocycles. The molecule has 0 radical (unpaired) electrons. The first-order valence-electron chi connectivity index (χ1n) is 8.23. The molecule has 5 nitrogen and oxygen atoms in total. The largest absolute Gasteiger partial charge is 0.378 e. The van der Waals surface area contributed by atoms with Crippen molar-refractivity contribution in [3.05, 3.63) is 59.7 Å². The van der Waals surface area contributed by atoms with Crippen LogP contribution in [0.15, 0.2) is 53.5 Å². The molecule has 0 aromatic heterocycles. The van der Waals surface area contributed by atoms with Gasteiger partial charge in [-0.05, 0) is 23.8 Å². The van der Waals surface area contributed by atoms with Crippen LogP contribution in [0, 0.1) is 0 Å². The van der Waals surface area contributed by atoms with Gasteiger partial charge in [-0.2, -0.15) is 0 Å². The second kappa shape index (κ2) is 5.92. The number of hydrogen-bond acceptors (Lipinski definition) is 4. The molecule has 0 aliphatic carbocycles. The summed E-state index contributed by atoms with van der Waals surface area (Å²) in [5.41, 5.74) is 2.48. The van der Waals surface area contributed by atoms with Gasteiger partial charge < -0.3 is 20.1 Å². The minimum Gasteiger partial charge on any atom is -0.378 e. The highest BCUT2D eigenvalue weighted by Crippen LogP contribution is 2.41. The minimum absolute atomic E-state index is 0.558. The summed E-state index contributed by atoms with van der Waals surface area (Å²) >= 11 is 0. The summed E-state index contributed by atoms with van der Waals surface area (Å²) in [6, 6.07) is 15.9. The first-order chi connectivity index (χ1) is 11.7. The van der Waals surface area contributed by atoms with Crippen LogP contribution in [0.2, 0.25) is 0 Å². The number of hydrogen-bond donors (Lipinski definition) is 2. The zero-order chi connectivity index (χ0) is 16.6. The van der Waals surface area contributed by atoms with Crippen LogP contribution in [-0.2, 0) is 10.3 Å². The number of para-hydroxylation sites is 1. The van der Waals surface area contributed by atoms with Crippen LogP contribution in [-0.4, -0.2) is 44.3 Å². The highest BCUT2D eigenvalue weighted by Gasteiger charge is 2.44. The first kappa shape index (κ1) is 15.2. The van der Waals surface area contributed by atoms with Gasteiger partial charge in [-0.15, -0.1) is 0 Å².